The highest BCUT2D eigenvalue weighted by molar-refractivity contribution is 9.10. The first-order valence-corrected chi connectivity index (χ1v) is 12.4. The van der Waals surface area contributed by atoms with Crippen LogP contribution in [0.2, 0.25) is 0 Å². The monoisotopic (exact) mass is 492 g/mol. The lowest BCUT2D eigenvalue weighted by Gasteiger charge is -2.30. The quantitative estimate of drug-likeness (QED) is 0.322. The maximum Gasteiger partial charge on any atom is 0.263 e. The number of aromatic nitrogens is 2. The van der Waals surface area contributed by atoms with Gasteiger partial charge in [-0.1, -0.05) is 53.7 Å². The van der Waals surface area contributed by atoms with Crippen LogP contribution in [0.3, 0.4) is 0 Å². The number of halogens is 1. The molecule has 3 heterocycles. The van der Waals surface area contributed by atoms with Crippen LogP contribution in [0.25, 0.3) is 10.2 Å². The fourth-order valence-electron chi connectivity index (χ4n) is 3.57. The van der Waals surface area contributed by atoms with Crippen LogP contribution in [0.1, 0.15) is 43.7 Å². The summed E-state index contributed by atoms with van der Waals surface area (Å²) in [5.41, 5.74) is 2.20. The summed E-state index contributed by atoms with van der Waals surface area (Å²) in [5, 5.41) is 1.60. The van der Waals surface area contributed by atoms with Crippen LogP contribution in [-0.4, -0.2) is 15.2 Å². The maximum atomic E-state index is 13.6. The molecule has 0 unspecified atom stereocenters. The number of nitrogens with zero attached hydrogens (tertiary/aromatic N) is 2. The summed E-state index contributed by atoms with van der Waals surface area (Å²) < 4.78 is 8.91. The molecule has 1 aliphatic heterocycles. The zero-order chi connectivity index (χ0) is 20.8. The van der Waals surface area contributed by atoms with E-state index in [9.17, 15) is 4.79 Å². The lowest BCUT2D eigenvalue weighted by molar-refractivity contribution is -0.0379. The number of rotatable bonds is 5. The van der Waals surface area contributed by atoms with Gasteiger partial charge in [-0.3, -0.25) is 9.36 Å². The second-order valence-corrected chi connectivity index (χ2v) is 11.5. The standard InChI is InChI=1S/C22H25BrN2O2S2/c1-13(2)10-25-20(26)18-16-9-22(3,4)27-11-17(16)29-19(18)24-21(25)28-12-14-5-7-15(23)8-6-14/h5-8,13H,9-12H2,1-4H3. The summed E-state index contributed by atoms with van der Waals surface area (Å²) in [6.45, 7) is 9.69. The van der Waals surface area contributed by atoms with Crippen molar-refractivity contribution < 1.29 is 4.74 Å². The average Bonchev–Trinajstić information content (AvgIpc) is 3.00. The van der Waals surface area contributed by atoms with Crippen LogP contribution in [0.15, 0.2) is 38.7 Å². The molecule has 1 aliphatic rings. The van der Waals surface area contributed by atoms with Gasteiger partial charge in [-0.25, -0.2) is 4.98 Å². The molecule has 0 atom stereocenters. The summed E-state index contributed by atoms with van der Waals surface area (Å²) in [4.78, 5) is 20.5. The molecule has 0 fully saturated rings. The van der Waals surface area contributed by atoms with Crippen LogP contribution in [0.5, 0.6) is 0 Å². The molecular weight excluding hydrogens is 468 g/mol. The molecule has 0 saturated carbocycles. The van der Waals surface area contributed by atoms with E-state index >= 15 is 0 Å². The minimum Gasteiger partial charge on any atom is -0.370 e. The van der Waals surface area contributed by atoms with Gasteiger partial charge in [-0.2, -0.15) is 0 Å². The van der Waals surface area contributed by atoms with Gasteiger partial charge in [-0.15, -0.1) is 11.3 Å². The molecular formula is C22H25BrN2O2S2. The fraction of sp³-hybridized carbons (Fsp3) is 0.455. The van der Waals surface area contributed by atoms with E-state index in [1.807, 2.05) is 16.7 Å². The zero-order valence-electron chi connectivity index (χ0n) is 17.1. The third-order valence-corrected chi connectivity index (χ3v) is 7.66. The highest BCUT2D eigenvalue weighted by atomic mass is 79.9. The topological polar surface area (TPSA) is 44.1 Å². The van der Waals surface area contributed by atoms with Gasteiger partial charge in [0.25, 0.3) is 5.56 Å². The molecule has 0 saturated heterocycles. The van der Waals surface area contributed by atoms with E-state index in [1.54, 1.807) is 23.1 Å². The van der Waals surface area contributed by atoms with Crippen molar-refractivity contribution in [3.8, 4) is 0 Å². The molecule has 29 heavy (non-hydrogen) atoms. The van der Waals surface area contributed by atoms with Crippen LogP contribution in [0.4, 0.5) is 0 Å². The maximum absolute atomic E-state index is 13.6. The Labute approximate surface area is 187 Å². The number of ether oxygens (including phenoxy) is 1. The van der Waals surface area contributed by atoms with Crippen molar-refractivity contribution in [2.45, 2.75) is 63.8 Å². The molecule has 0 aliphatic carbocycles. The third-order valence-electron chi connectivity index (χ3n) is 4.98. The Hall–Kier alpha value is -1.15. The van der Waals surface area contributed by atoms with Crippen molar-refractivity contribution in [2.75, 3.05) is 0 Å². The van der Waals surface area contributed by atoms with Crippen LogP contribution < -0.4 is 5.56 Å². The first-order chi connectivity index (χ1) is 13.7. The summed E-state index contributed by atoms with van der Waals surface area (Å²) in [5.74, 6) is 1.15. The van der Waals surface area contributed by atoms with Gasteiger partial charge in [0.1, 0.15) is 4.83 Å². The van der Waals surface area contributed by atoms with Crippen molar-refractivity contribution in [2.24, 2.45) is 5.92 Å². The lowest BCUT2D eigenvalue weighted by Crippen LogP contribution is -2.32. The van der Waals surface area contributed by atoms with Gasteiger partial charge in [-0.05, 0) is 43.0 Å². The van der Waals surface area contributed by atoms with Gasteiger partial charge in [0.2, 0.25) is 0 Å². The van der Waals surface area contributed by atoms with E-state index in [2.05, 4.69) is 55.8 Å². The molecule has 2 aromatic heterocycles. The largest absolute Gasteiger partial charge is 0.370 e. The predicted molar refractivity (Wildman–Crippen MR) is 125 cm³/mol. The Kier molecular flexibility index (Phi) is 5.95. The Morgan fingerprint density at radius 2 is 2.03 bits per heavy atom. The van der Waals surface area contributed by atoms with Gasteiger partial charge >= 0.3 is 0 Å². The average molecular weight is 493 g/mol. The van der Waals surface area contributed by atoms with E-state index in [0.29, 0.717) is 19.1 Å². The van der Waals surface area contributed by atoms with E-state index < -0.39 is 0 Å². The minimum absolute atomic E-state index is 0.0946. The smallest absolute Gasteiger partial charge is 0.263 e. The molecule has 7 heteroatoms. The second-order valence-electron chi connectivity index (χ2n) is 8.53. The van der Waals surface area contributed by atoms with Gasteiger partial charge in [0, 0.05) is 28.1 Å². The van der Waals surface area contributed by atoms with Crippen molar-refractivity contribution >= 4 is 49.2 Å². The lowest BCUT2D eigenvalue weighted by atomic mass is 9.94. The van der Waals surface area contributed by atoms with E-state index in [0.717, 1.165) is 42.5 Å². The predicted octanol–water partition coefficient (Wildman–Crippen LogP) is 6.02. The second kappa shape index (κ2) is 8.17. The van der Waals surface area contributed by atoms with Gasteiger partial charge in [0.05, 0.1) is 17.6 Å². The molecule has 0 N–H and O–H groups in total. The molecule has 0 bridgehead atoms. The van der Waals surface area contributed by atoms with Crippen molar-refractivity contribution in [3.05, 3.63) is 55.1 Å². The van der Waals surface area contributed by atoms with Crippen LogP contribution >= 0.6 is 39.0 Å². The molecule has 4 rings (SSSR count). The Bertz CT molecular complexity index is 1100. The van der Waals surface area contributed by atoms with Crippen molar-refractivity contribution in [1.82, 2.24) is 9.55 Å². The molecule has 0 spiro atoms. The summed E-state index contributed by atoms with van der Waals surface area (Å²) in [6.07, 6.45) is 0.756. The molecule has 0 radical (unpaired) electrons. The highest BCUT2D eigenvalue weighted by Gasteiger charge is 2.31. The van der Waals surface area contributed by atoms with Crippen LogP contribution in [0, 0.1) is 5.92 Å². The number of thioether (sulfide) groups is 1. The zero-order valence-corrected chi connectivity index (χ0v) is 20.3. The molecule has 4 nitrogen and oxygen atoms in total. The molecule has 0 amide bonds. The van der Waals surface area contributed by atoms with E-state index in [4.69, 9.17) is 9.72 Å². The van der Waals surface area contributed by atoms with Gasteiger partial charge < -0.3 is 4.74 Å². The highest BCUT2D eigenvalue weighted by Crippen LogP contribution is 2.37. The Morgan fingerprint density at radius 1 is 1.31 bits per heavy atom. The summed E-state index contributed by atoms with van der Waals surface area (Å²) in [6, 6.07) is 8.29. The normalized spacial score (nSPS) is 15.8. The first kappa shape index (κ1) is 21.1. The molecule has 154 valence electrons. The molecule has 3 aromatic rings. The number of hydrogen-bond donors (Lipinski definition) is 0. The molecule has 1 aromatic carbocycles. The Morgan fingerprint density at radius 3 is 2.72 bits per heavy atom. The SMILES string of the molecule is CC(C)Cn1c(SCc2ccc(Br)cc2)nc2sc3c(c2c1=O)CC(C)(C)OC3. The first-order valence-electron chi connectivity index (χ1n) is 9.80. The fourth-order valence-corrected chi connectivity index (χ4v) is 5.95. The Balaban J connectivity index is 1.77. The number of thiophene rings is 1. The van der Waals surface area contributed by atoms with Gasteiger partial charge in [0.15, 0.2) is 5.16 Å². The third kappa shape index (κ3) is 4.48. The van der Waals surface area contributed by atoms with Crippen LogP contribution in [-0.2, 0) is 30.1 Å². The summed E-state index contributed by atoms with van der Waals surface area (Å²) in [7, 11) is 0. The number of fused-ring (bicyclic) bond motifs is 3. The van der Waals surface area contributed by atoms with E-state index in [-0.39, 0.29) is 11.2 Å². The minimum atomic E-state index is -0.245. The summed E-state index contributed by atoms with van der Waals surface area (Å²) >= 11 is 6.72. The van der Waals surface area contributed by atoms with Crippen molar-refractivity contribution in [1.29, 1.82) is 0 Å². The van der Waals surface area contributed by atoms with E-state index in [1.165, 1.54) is 5.56 Å². The van der Waals surface area contributed by atoms with Crippen molar-refractivity contribution in [3.63, 3.8) is 0 Å². The number of hydrogen-bond acceptors (Lipinski definition) is 5. The number of benzene rings is 1.